The summed E-state index contributed by atoms with van der Waals surface area (Å²) >= 11 is 0. The van der Waals surface area contributed by atoms with E-state index in [2.05, 4.69) is 28.1 Å². The number of carbonyl (C=O) groups is 4. The largest absolute Gasteiger partial charge is 0.483 e. The number of rotatable bonds is 11. The van der Waals surface area contributed by atoms with Crippen molar-refractivity contribution in [2.24, 2.45) is 0 Å². The summed E-state index contributed by atoms with van der Waals surface area (Å²) in [6, 6.07) is 0. The smallest absolute Gasteiger partial charge is 0.302 e. The Morgan fingerprint density at radius 3 is 1.20 bits per heavy atom. The van der Waals surface area contributed by atoms with E-state index in [0.717, 1.165) is 38.9 Å². The SMILES string of the molecule is CC(C)O.CCCCCO.CCCOC(C)=O.CCCOCC.CCO.CCOC(C)=O.CCOC=O.O=CO. The highest BCUT2D eigenvalue weighted by molar-refractivity contribution is 5.66. The molecule has 0 fully saturated rings. The molecular weight excluding hydrogens is 528 g/mol. The van der Waals surface area contributed by atoms with Gasteiger partial charge in [-0.25, -0.2) is 0 Å². The molecule has 0 aromatic rings. The van der Waals surface area contributed by atoms with Gasteiger partial charge in [0.05, 0.1) is 19.8 Å². The number of hydrogen-bond donors (Lipinski definition) is 4. The number of carboxylic acid groups (broad SMARTS) is 1. The van der Waals surface area contributed by atoms with Crippen LogP contribution in [0, 0.1) is 0 Å². The van der Waals surface area contributed by atoms with Gasteiger partial charge >= 0.3 is 11.9 Å². The van der Waals surface area contributed by atoms with Crippen LogP contribution in [0.1, 0.15) is 108 Å². The molecule has 0 aliphatic heterocycles. The molecule has 0 saturated carbocycles. The summed E-state index contributed by atoms with van der Waals surface area (Å²) in [6.45, 7) is 23.7. The van der Waals surface area contributed by atoms with Crippen molar-refractivity contribution in [2.75, 3.05) is 46.2 Å². The lowest BCUT2D eigenvalue weighted by atomic mass is 10.3. The maximum atomic E-state index is 9.98. The summed E-state index contributed by atoms with van der Waals surface area (Å²) in [5.74, 6) is -0.403. The summed E-state index contributed by atoms with van der Waals surface area (Å²) in [6.07, 6.45) is 5.20. The van der Waals surface area contributed by atoms with Crippen LogP contribution in [0.2, 0.25) is 0 Å². The van der Waals surface area contributed by atoms with Gasteiger partial charge in [0.15, 0.2) is 0 Å². The summed E-state index contributed by atoms with van der Waals surface area (Å²) in [7, 11) is 0. The van der Waals surface area contributed by atoms with Crippen LogP contribution in [0.15, 0.2) is 0 Å². The Balaban J connectivity index is -0.0000000495. The molecule has 40 heavy (non-hydrogen) atoms. The van der Waals surface area contributed by atoms with Gasteiger partial charge in [-0.05, 0) is 60.8 Å². The second-order valence-electron chi connectivity index (χ2n) is 6.96. The van der Waals surface area contributed by atoms with Crippen LogP contribution in [0.4, 0.5) is 0 Å². The lowest BCUT2D eigenvalue weighted by Crippen LogP contribution is -1.98. The van der Waals surface area contributed by atoms with Crippen LogP contribution in [0.25, 0.3) is 0 Å². The minimum Gasteiger partial charge on any atom is -0.483 e. The zero-order chi connectivity index (χ0) is 33.5. The Hall–Kier alpha value is -2.28. The van der Waals surface area contributed by atoms with Gasteiger partial charge in [-0.3, -0.25) is 19.2 Å². The number of esters is 2. The average Bonchev–Trinajstić information content (AvgIpc) is 2.87. The van der Waals surface area contributed by atoms with Crippen molar-refractivity contribution in [3.05, 3.63) is 0 Å². The fourth-order valence-corrected chi connectivity index (χ4v) is 1.17. The molecule has 0 amide bonds. The molecule has 248 valence electrons. The van der Waals surface area contributed by atoms with E-state index in [4.69, 9.17) is 30.0 Å². The molecule has 0 aromatic carbocycles. The van der Waals surface area contributed by atoms with Crippen molar-refractivity contribution >= 4 is 24.9 Å². The van der Waals surface area contributed by atoms with Crippen molar-refractivity contribution < 1.29 is 58.6 Å². The van der Waals surface area contributed by atoms with Crippen LogP contribution < -0.4 is 0 Å². The number of ether oxygens (including phenoxy) is 4. The number of aliphatic hydroxyl groups is 3. The summed E-state index contributed by atoms with van der Waals surface area (Å²) in [4.78, 5) is 37.3. The standard InChI is InChI=1S/C5H10O2.2C5H12O.C4H8O2.C3H6O2.C3H8O.C2H6O.CH2O2/c1-3-4-7-5(2)6;1-3-5-6-4-2;1-2-3-4-5-6;1-3-6-4(2)5;1-2-5-3-4;1-3(2)4;1-2-3;2-1-3/h3-4H2,1-2H3;3-5H2,1-2H3;6H,2-5H2,1H3;3H2,1-2H3;3H,2H2,1H3;3-4H,1-2H3;3H,2H2,1H3;1H,(H,2,3). The van der Waals surface area contributed by atoms with Crippen molar-refractivity contribution in [3.8, 4) is 0 Å². The van der Waals surface area contributed by atoms with Crippen molar-refractivity contribution in [1.29, 1.82) is 0 Å². The van der Waals surface area contributed by atoms with Gasteiger partial charge in [0.25, 0.3) is 12.9 Å². The lowest BCUT2D eigenvalue weighted by molar-refractivity contribution is -0.141. The van der Waals surface area contributed by atoms with Crippen molar-refractivity contribution in [1.82, 2.24) is 0 Å². The molecule has 12 nitrogen and oxygen atoms in total. The Morgan fingerprint density at radius 1 is 0.725 bits per heavy atom. The van der Waals surface area contributed by atoms with Gasteiger partial charge in [-0.2, -0.15) is 0 Å². The minimum absolute atomic E-state index is 0.167. The molecule has 12 heteroatoms. The maximum absolute atomic E-state index is 9.98. The molecule has 0 heterocycles. The predicted molar refractivity (Wildman–Crippen MR) is 159 cm³/mol. The van der Waals surface area contributed by atoms with Crippen LogP contribution in [0.5, 0.6) is 0 Å². The molecule has 0 aliphatic carbocycles. The van der Waals surface area contributed by atoms with E-state index < -0.39 is 0 Å². The molecule has 0 saturated heterocycles. The van der Waals surface area contributed by atoms with Crippen LogP contribution in [-0.4, -0.2) is 97.7 Å². The molecule has 0 aromatic heterocycles. The van der Waals surface area contributed by atoms with E-state index >= 15 is 0 Å². The third-order valence-corrected chi connectivity index (χ3v) is 2.41. The van der Waals surface area contributed by atoms with Crippen LogP contribution in [-0.2, 0) is 38.1 Å². The number of hydrogen-bond acceptors (Lipinski definition) is 11. The van der Waals surface area contributed by atoms with Gasteiger partial charge in [0.1, 0.15) is 0 Å². The summed E-state index contributed by atoms with van der Waals surface area (Å²) < 4.78 is 18.1. The monoisotopic (exact) mass is 592 g/mol. The zero-order valence-corrected chi connectivity index (χ0v) is 27.3. The minimum atomic E-state index is -0.250. The zero-order valence-electron chi connectivity index (χ0n) is 27.3. The van der Waals surface area contributed by atoms with E-state index in [1.807, 2.05) is 13.8 Å². The second-order valence-corrected chi connectivity index (χ2v) is 6.96. The van der Waals surface area contributed by atoms with Gasteiger partial charge in [-0.1, -0.05) is 33.6 Å². The van der Waals surface area contributed by atoms with Gasteiger partial charge in [0, 0.05) is 46.4 Å². The Bertz CT molecular complexity index is 388. The van der Waals surface area contributed by atoms with Gasteiger partial charge in [0.2, 0.25) is 0 Å². The maximum Gasteiger partial charge on any atom is 0.302 e. The van der Waals surface area contributed by atoms with E-state index in [0.29, 0.717) is 32.9 Å². The van der Waals surface area contributed by atoms with Crippen molar-refractivity contribution in [2.45, 2.75) is 114 Å². The second kappa shape index (κ2) is 76.7. The molecular formula is C28H64O12. The predicted octanol–water partition coefficient (Wildman–Crippen LogP) is 4.40. The number of carbonyl (C=O) groups excluding carboxylic acids is 3. The average molecular weight is 593 g/mol. The number of aliphatic hydroxyl groups excluding tert-OH is 3. The van der Waals surface area contributed by atoms with E-state index in [1.54, 1.807) is 34.6 Å². The molecule has 0 radical (unpaired) electrons. The topological polar surface area (TPSA) is 186 Å². The third kappa shape index (κ3) is 266. The first-order chi connectivity index (χ1) is 18.8. The van der Waals surface area contributed by atoms with Crippen LogP contribution >= 0.6 is 0 Å². The molecule has 0 aliphatic rings. The fraction of sp³-hybridized carbons (Fsp3) is 0.857. The Morgan fingerprint density at radius 2 is 1.12 bits per heavy atom. The summed E-state index contributed by atoms with van der Waals surface area (Å²) in [5, 5.41) is 30.7. The first-order valence-electron chi connectivity index (χ1n) is 13.7. The molecule has 0 spiro atoms. The van der Waals surface area contributed by atoms with Crippen molar-refractivity contribution in [3.63, 3.8) is 0 Å². The van der Waals surface area contributed by atoms with Gasteiger partial charge < -0.3 is 39.4 Å². The Kier molecular flexibility index (Phi) is 110. The third-order valence-electron chi connectivity index (χ3n) is 2.41. The molecule has 4 N–H and O–H groups in total. The van der Waals surface area contributed by atoms with Gasteiger partial charge in [-0.15, -0.1) is 0 Å². The fourth-order valence-electron chi connectivity index (χ4n) is 1.17. The highest BCUT2D eigenvalue weighted by Crippen LogP contribution is 1.89. The highest BCUT2D eigenvalue weighted by atomic mass is 16.5. The quantitative estimate of drug-likeness (QED) is 0.115. The lowest BCUT2D eigenvalue weighted by Gasteiger charge is -1.93. The molecule has 0 atom stereocenters. The summed E-state index contributed by atoms with van der Waals surface area (Å²) in [5.41, 5.74) is 0. The van der Waals surface area contributed by atoms with E-state index in [1.165, 1.54) is 20.3 Å². The number of unbranched alkanes of at least 4 members (excludes halogenated alkanes) is 2. The Labute approximate surface area is 244 Å². The normalized spacial score (nSPS) is 7.78. The first kappa shape index (κ1) is 57.6. The first-order valence-corrected chi connectivity index (χ1v) is 13.7. The van der Waals surface area contributed by atoms with E-state index in [9.17, 15) is 14.4 Å². The molecule has 0 rings (SSSR count). The molecule has 0 bridgehead atoms. The highest BCUT2D eigenvalue weighted by Gasteiger charge is 1.85. The van der Waals surface area contributed by atoms with Crippen LogP contribution in [0.3, 0.4) is 0 Å². The molecule has 0 unspecified atom stereocenters. The van der Waals surface area contributed by atoms with E-state index in [-0.39, 0.29) is 31.1 Å².